The summed E-state index contributed by atoms with van der Waals surface area (Å²) in [5.41, 5.74) is -1.64. The van der Waals surface area contributed by atoms with Gasteiger partial charge in [0, 0.05) is 11.5 Å². The minimum absolute atomic E-state index is 0.00177. The van der Waals surface area contributed by atoms with Gasteiger partial charge in [-0.25, -0.2) is 0 Å². The third-order valence-corrected chi connectivity index (χ3v) is 6.35. The molecule has 0 saturated heterocycles. The van der Waals surface area contributed by atoms with E-state index in [2.05, 4.69) is 0 Å². The molecule has 7 nitrogen and oxygen atoms in total. The van der Waals surface area contributed by atoms with E-state index in [-0.39, 0.29) is 29.0 Å². The predicted octanol–water partition coefficient (Wildman–Crippen LogP) is 2.41. The Bertz CT molecular complexity index is 829. The van der Waals surface area contributed by atoms with Crippen LogP contribution >= 0.6 is 0 Å². The molecule has 0 N–H and O–H groups in total. The highest BCUT2D eigenvalue weighted by molar-refractivity contribution is 5.85. The molecule has 0 spiro atoms. The third-order valence-electron chi connectivity index (χ3n) is 6.35. The number of carbonyl (C=O) groups is 1. The minimum atomic E-state index is -0.647. The molecule has 4 aliphatic rings. The molecule has 4 saturated carbocycles. The van der Waals surface area contributed by atoms with E-state index in [1.807, 2.05) is 0 Å². The number of nitriles is 1. The highest BCUT2D eigenvalue weighted by Gasteiger charge is 2.54. The fourth-order valence-corrected chi connectivity index (χ4v) is 5.69. The van der Waals surface area contributed by atoms with Crippen molar-refractivity contribution >= 4 is 11.5 Å². The predicted molar refractivity (Wildman–Crippen MR) is 87.7 cm³/mol. The lowest BCUT2D eigenvalue weighted by molar-refractivity contribution is -0.385. The minimum Gasteiger partial charge on any atom is -0.300 e. The maximum atomic E-state index is 13.1. The molecule has 0 radical (unpaired) electrons. The SMILES string of the molecule is N#Cc1cc([N+](=O)[O-])cn(CC(=O)C23CC4CC(CC(C4)C2)C3)c1=O. The van der Waals surface area contributed by atoms with Crippen molar-refractivity contribution in [2.24, 2.45) is 23.2 Å². The Labute approximate surface area is 144 Å². The summed E-state index contributed by atoms with van der Waals surface area (Å²) >= 11 is 0. The first-order valence-corrected chi connectivity index (χ1v) is 8.72. The Morgan fingerprint density at radius 1 is 1.28 bits per heavy atom. The van der Waals surface area contributed by atoms with E-state index >= 15 is 0 Å². The van der Waals surface area contributed by atoms with Crippen molar-refractivity contribution in [1.29, 1.82) is 5.26 Å². The first-order chi connectivity index (χ1) is 11.9. The second kappa shape index (κ2) is 5.51. The van der Waals surface area contributed by atoms with Crippen LogP contribution in [0.15, 0.2) is 17.1 Å². The standard InChI is InChI=1S/C18H19N3O4/c19-8-14-4-15(21(24)25)9-20(17(14)23)10-16(22)18-5-11-1-12(6-18)3-13(2-11)7-18/h4,9,11-13H,1-3,5-7,10H2. The number of hydrogen-bond acceptors (Lipinski definition) is 5. The van der Waals surface area contributed by atoms with E-state index in [4.69, 9.17) is 5.26 Å². The number of rotatable bonds is 4. The van der Waals surface area contributed by atoms with Crippen molar-refractivity contribution in [3.63, 3.8) is 0 Å². The van der Waals surface area contributed by atoms with Crippen LogP contribution in [-0.2, 0) is 11.3 Å². The van der Waals surface area contributed by atoms with E-state index in [1.54, 1.807) is 6.07 Å². The number of nitro groups is 1. The summed E-state index contributed by atoms with van der Waals surface area (Å²) in [7, 11) is 0. The number of ketones is 1. The van der Waals surface area contributed by atoms with Crippen molar-refractivity contribution < 1.29 is 9.72 Å². The first kappa shape index (κ1) is 16.0. The molecule has 4 aliphatic carbocycles. The van der Waals surface area contributed by atoms with Crippen molar-refractivity contribution in [1.82, 2.24) is 4.57 Å². The molecule has 7 heteroatoms. The number of nitrogens with zero attached hydrogens (tertiary/aromatic N) is 3. The van der Waals surface area contributed by atoms with Crippen molar-refractivity contribution in [3.8, 4) is 6.07 Å². The van der Waals surface area contributed by atoms with Crippen LogP contribution in [0, 0.1) is 44.6 Å². The van der Waals surface area contributed by atoms with Gasteiger partial charge in [-0.05, 0) is 56.3 Å². The molecule has 130 valence electrons. The monoisotopic (exact) mass is 341 g/mol. The zero-order chi connectivity index (χ0) is 17.8. The molecule has 0 aromatic carbocycles. The Kier molecular flexibility index (Phi) is 3.53. The average Bonchev–Trinajstić information content (AvgIpc) is 2.55. The maximum Gasteiger partial charge on any atom is 0.287 e. The highest BCUT2D eigenvalue weighted by Crippen LogP contribution is 2.60. The third kappa shape index (κ3) is 2.56. The Morgan fingerprint density at radius 2 is 1.84 bits per heavy atom. The molecule has 0 unspecified atom stereocenters. The van der Waals surface area contributed by atoms with Gasteiger partial charge in [0.25, 0.3) is 11.2 Å². The lowest BCUT2D eigenvalue weighted by Gasteiger charge is -2.56. The quantitative estimate of drug-likeness (QED) is 0.617. The number of aromatic nitrogens is 1. The van der Waals surface area contributed by atoms with E-state index in [1.165, 1.54) is 19.3 Å². The molecular weight excluding hydrogens is 322 g/mol. The molecule has 0 amide bonds. The van der Waals surface area contributed by atoms with Gasteiger partial charge in [-0.3, -0.25) is 19.7 Å². The zero-order valence-corrected chi connectivity index (χ0v) is 13.8. The van der Waals surface area contributed by atoms with Crippen molar-refractivity contribution in [3.05, 3.63) is 38.3 Å². The van der Waals surface area contributed by atoms with Gasteiger partial charge >= 0.3 is 0 Å². The molecule has 4 bridgehead atoms. The van der Waals surface area contributed by atoms with Gasteiger partial charge in [-0.15, -0.1) is 0 Å². The van der Waals surface area contributed by atoms with Gasteiger partial charge in [-0.1, -0.05) is 0 Å². The summed E-state index contributed by atoms with van der Waals surface area (Å²) in [6, 6.07) is 2.66. The Hall–Kier alpha value is -2.49. The maximum absolute atomic E-state index is 13.1. The van der Waals surface area contributed by atoms with Gasteiger partial charge in [-0.2, -0.15) is 5.26 Å². The lowest BCUT2D eigenvalue weighted by atomic mass is 9.48. The smallest absolute Gasteiger partial charge is 0.287 e. The number of carbonyl (C=O) groups excluding carboxylic acids is 1. The number of pyridine rings is 1. The molecular formula is C18H19N3O4. The van der Waals surface area contributed by atoms with Crippen LogP contribution in [0.1, 0.15) is 44.1 Å². The van der Waals surface area contributed by atoms with Gasteiger partial charge in [0.15, 0.2) is 5.78 Å². The molecule has 1 aromatic rings. The van der Waals surface area contributed by atoms with Gasteiger partial charge in [0.2, 0.25) is 0 Å². The zero-order valence-electron chi connectivity index (χ0n) is 13.8. The summed E-state index contributed by atoms with van der Waals surface area (Å²) in [4.78, 5) is 35.8. The van der Waals surface area contributed by atoms with Gasteiger partial charge in [0.05, 0.1) is 17.7 Å². The average molecular weight is 341 g/mol. The highest BCUT2D eigenvalue weighted by atomic mass is 16.6. The lowest BCUT2D eigenvalue weighted by Crippen LogP contribution is -2.51. The van der Waals surface area contributed by atoms with Crippen LogP contribution in [0.25, 0.3) is 0 Å². The normalized spacial score (nSPS) is 32.4. The molecule has 5 rings (SSSR count). The van der Waals surface area contributed by atoms with Gasteiger partial charge < -0.3 is 4.57 Å². The topological polar surface area (TPSA) is 106 Å². The Balaban J connectivity index is 1.66. The van der Waals surface area contributed by atoms with Crippen molar-refractivity contribution in [2.45, 2.75) is 45.1 Å². The van der Waals surface area contributed by atoms with E-state index < -0.39 is 10.5 Å². The van der Waals surface area contributed by atoms with Crippen LogP contribution in [0.2, 0.25) is 0 Å². The summed E-state index contributed by atoms with van der Waals surface area (Å²) in [5.74, 6) is 1.81. The molecule has 25 heavy (non-hydrogen) atoms. The molecule has 1 aromatic heterocycles. The van der Waals surface area contributed by atoms with Crippen LogP contribution < -0.4 is 5.56 Å². The second-order valence-corrected chi connectivity index (χ2v) is 8.04. The summed E-state index contributed by atoms with van der Waals surface area (Å²) in [6.07, 6.45) is 7.36. The van der Waals surface area contributed by atoms with Crippen LogP contribution in [0.5, 0.6) is 0 Å². The van der Waals surface area contributed by atoms with E-state index in [0.717, 1.165) is 36.1 Å². The fourth-order valence-electron chi connectivity index (χ4n) is 5.69. The molecule has 4 fully saturated rings. The molecule has 1 heterocycles. The van der Waals surface area contributed by atoms with E-state index in [9.17, 15) is 19.7 Å². The molecule has 0 atom stereocenters. The van der Waals surface area contributed by atoms with Crippen LogP contribution in [0.3, 0.4) is 0 Å². The summed E-state index contributed by atoms with van der Waals surface area (Å²) in [6.45, 7) is -0.179. The van der Waals surface area contributed by atoms with Crippen LogP contribution in [-0.4, -0.2) is 15.3 Å². The fraction of sp³-hybridized carbons (Fsp3) is 0.611. The summed E-state index contributed by atoms with van der Waals surface area (Å²) in [5, 5.41) is 20.1. The van der Waals surface area contributed by atoms with Gasteiger partial charge in [0.1, 0.15) is 11.6 Å². The molecule has 0 aliphatic heterocycles. The second-order valence-electron chi connectivity index (χ2n) is 8.04. The van der Waals surface area contributed by atoms with E-state index in [0.29, 0.717) is 17.8 Å². The van der Waals surface area contributed by atoms with Crippen LogP contribution in [0.4, 0.5) is 5.69 Å². The summed E-state index contributed by atoms with van der Waals surface area (Å²) < 4.78 is 1.05. The number of hydrogen-bond donors (Lipinski definition) is 0. The van der Waals surface area contributed by atoms with Crippen molar-refractivity contribution in [2.75, 3.05) is 0 Å². The first-order valence-electron chi connectivity index (χ1n) is 8.72. The Morgan fingerprint density at radius 3 is 2.32 bits per heavy atom. The largest absolute Gasteiger partial charge is 0.300 e. The number of Topliss-reactive ketones (excluding diaryl/α,β-unsaturated/α-hetero) is 1.